The van der Waals surface area contributed by atoms with E-state index in [2.05, 4.69) is 11.1 Å². The van der Waals surface area contributed by atoms with Gasteiger partial charge in [-0.05, 0) is 55.0 Å². The number of aryl methyl sites for hydroxylation is 1. The Kier molecular flexibility index (Phi) is 3.37. The Bertz CT molecular complexity index is 652. The Hall–Kier alpha value is -2.36. The monoisotopic (exact) mass is 269 g/mol. The van der Waals surface area contributed by atoms with Crippen molar-refractivity contribution in [2.45, 2.75) is 25.7 Å². The fourth-order valence-electron chi connectivity index (χ4n) is 2.58. The Labute approximate surface area is 117 Å². The molecule has 4 heteroatoms. The summed E-state index contributed by atoms with van der Waals surface area (Å²) in [6, 6.07) is 9.03. The fourth-order valence-corrected chi connectivity index (χ4v) is 2.58. The first-order chi connectivity index (χ1) is 9.75. The van der Waals surface area contributed by atoms with Gasteiger partial charge in [-0.3, -0.25) is 0 Å². The first-order valence-corrected chi connectivity index (χ1v) is 6.72. The molecule has 0 amide bonds. The van der Waals surface area contributed by atoms with Gasteiger partial charge in [-0.15, -0.1) is 0 Å². The Morgan fingerprint density at radius 3 is 2.85 bits per heavy atom. The van der Waals surface area contributed by atoms with Crippen LogP contribution in [0.15, 0.2) is 36.5 Å². The maximum Gasteiger partial charge on any atom is 0.341 e. The van der Waals surface area contributed by atoms with E-state index in [1.807, 2.05) is 12.1 Å². The summed E-state index contributed by atoms with van der Waals surface area (Å²) in [6.07, 6.45) is 5.90. The zero-order valence-electron chi connectivity index (χ0n) is 11.0. The number of rotatable bonds is 3. The summed E-state index contributed by atoms with van der Waals surface area (Å²) in [7, 11) is 0. The molecular formula is C16H15NO3. The number of nitrogens with zero attached hydrogens (tertiary/aromatic N) is 1. The van der Waals surface area contributed by atoms with E-state index in [1.165, 1.54) is 29.8 Å². The number of hydrogen-bond acceptors (Lipinski definition) is 3. The molecule has 0 saturated carbocycles. The summed E-state index contributed by atoms with van der Waals surface area (Å²) in [4.78, 5) is 15.2. The van der Waals surface area contributed by atoms with Crippen molar-refractivity contribution in [3.8, 4) is 11.6 Å². The smallest absolute Gasteiger partial charge is 0.341 e. The summed E-state index contributed by atoms with van der Waals surface area (Å²) in [5.41, 5.74) is 2.56. The van der Waals surface area contributed by atoms with Crippen molar-refractivity contribution in [1.29, 1.82) is 0 Å². The summed E-state index contributed by atoms with van der Waals surface area (Å²) in [5.74, 6) is -0.153. The van der Waals surface area contributed by atoms with Gasteiger partial charge in [0.1, 0.15) is 11.3 Å². The number of pyridine rings is 1. The molecule has 0 atom stereocenters. The van der Waals surface area contributed by atoms with E-state index in [0.717, 1.165) is 25.0 Å². The first-order valence-electron chi connectivity index (χ1n) is 6.72. The number of benzene rings is 1. The lowest BCUT2D eigenvalue weighted by Gasteiger charge is -2.19. The van der Waals surface area contributed by atoms with Gasteiger partial charge in [0.2, 0.25) is 5.88 Å². The Morgan fingerprint density at radius 1 is 1.15 bits per heavy atom. The van der Waals surface area contributed by atoms with Gasteiger partial charge in [0, 0.05) is 6.20 Å². The predicted molar refractivity (Wildman–Crippen MR) is 74.4 cm³/mol. The van der Waals surface area contributed by atoms with E-state index in [4.69, 9.17) is 9.84 Å². The van der Waals surface area contributed by atoms with E-state index < -0.39 is 5.97 Å². The quantitative estimate of drug-likeness (QED) is 0.927. The van der Waals surface area contributed by atoms with Crippen LogP contribution in [0.3, 0.4) is 0 Å². The second-order valence-corrected chi connectivity index (χ2v) is 4.86. The van der Waals surface area contributed by atoms with Crippen molar-refractivity contribution in [3.63, 3.8) is 0 Å². The number of fused-ring (bicyclic) bond motifs is 1. The van der Waals surface area contributed by atoms with Gasteiger partial charge in [0.05, 0.1) is 0 Å². The molecule has 1 aromatic carbocycles. The molecule has 4 nitrogen and oxygen atoms in total. The fraction of sp³-hybridized carbons (Fsp3) is 0.250. The number of carboxylic acids is 1. The summed E-state index contributed by atoms with van der Waals surface area (Å²) in [5, 5.41) is 9.16. The predicted octanol–water partition coefficient (Wildman–Crippen LogP) is 3.45. The SMILES string of the molecule is O=C(O)c1cccnc1Oc1cccc2c1CCCC2. The van der Waals surface area contributed by atoms with E-state index in [9.17, 15) is 4.79 Å². The van der Waals surface area contributed by atoms with Crippen molar-refractivity contribution < 1.29 is 14.6 Å². The van der Waals surface area contributed by atoms with Crippen molar-refractivity contribution in [2.24, 2.45) is 0 Å². The number of aromatic carboxylic acids is 1. The molecule has 1 heterocycles. The van der Waals surface area contributed by atoms with Gasteiger partial charge in [-0.2, -0.15) is 0 Å². The van der Waals surface area contributed by atoms with Crippen molar-refractivity contribution >= 4 is 5.97 Å². The molecule has 1 aliphatic rings. The van der Waals surface area contributed by atoms with Crippen molar-refractivity contribution in [2.75, 3.05) is 0 Å². The summed E-state index contributed by atoms with van der Waals surface area (Å²) in [6.45, 7) is 0. The normalized spacial score (nSPS) is 13.6. The average molecular weight is 269 g/mol. The first kappa shape index (κ1) is 12.7. The topological polar surface area (TPSA) is 59.4 Å². The minimum atomic E-state index is -1.03. The number of hydrogen-bond donors (Lipinski definition) is 1. The third-order valence-electron chi connectivity index (χ3n) is 3.56. The van der Waals surface area contributed by atoms with Gasteiger partial charge < -0.3 is 9.84 Å². The lowest BCUT2D eigenvalue weighted by atomic mass is 9.91. The van der Waals surface area contributed by atoms with Gasteiger partial charge >= 0.3 is 5.97 Å². The third-order valence-corrected chi connectivity index (χ3v) is 3.56. The van der Waals surface area contributed by atoms with Crippen LogP contribution in [-0.2, 0) is 12.8 Å². The number of carboxylic acid groups (broad SMARTS) is 1. The lowest BCUT2D eigenvalue weighted by molar-refractivity contribution is 0.0693. The van der Waals surface area contributed by atoms with E-state index in [0.29, 0.717) is 0 Å². The number of carbonyl (C=O) groups is 1. The molecule has 0 bridgehead atoms. The molecule has 3 rings (SSSR count). The number of aromatic nitrogens is 1. The Balaban J connectivity index is 1.98. The second kappa shape index (κ2) is 5.33. The minimum absolute atomic E-state index is 0.0842. The summed E-state index contributed by atoms with van der Waals surface area (Å²) < 4.78 is 5.78. The molecule has 1 N–H and O–H groups in total. The molecular weight excluding hydrogens is 254 g/mol. The van der Waals surface area contributed by atoms with Crippen LogP contribution in [0.2, 0.25) is 0 Å². The summed E-state index contributed by atoms with van der Waals surface area (Å²) >= 11 is 0. The van der Waals surface area contributed by atoms with Crippen LogP contribution in [-0.4, -0.2) is 16.1 Å². The van der Waals surface area contributed by atoms with Gasteiger partial charge in [-0.1, -0.05) is 12.1 Å². The maximum atomic E-state index is 11.2. The molecule has 0 spiro atoms. The maximum absolute atomic E-state index is 11.2. The highest BCUT2D eigenvalue weighted by atomic mass is 16.5. The van der Waals surface area contributed by atoms with Gasteiger partial charge in [0.25, 0.3) is 0 Å². The van der Waals surface area contributed by atoms with Crippen LogP contribution in [0.4, 0.5) is 0 Å². The molecule has 0 fully saturated rings. The van der Waals surface area contributed by atoms with Crippen LogP contribution in [0, 0.1) is 0 Å². The zero-order valence-corrected chi connectivity index (χ0v) is 11.0. The van der Waals surface area contributed by atoms with E-state index >= 15 is 0 Å². The Morgan fingerprint density at radius 2 is 2.00 bits per heavy atom. The molecule has 1 aromatic heterocycles. The van der Waals surface area contributed by atoms with Crippen LogP contribution in [0.1, 0.15) is 34.3 Å². The highest BCUT2D eigenvalue weighted by molar-refractivity contribution is 5.90. The molecule has 20 heavy (non-hydrogen) atoms. The molecule has 0 radical (unpaired) electrons. The largest absolute Gasteiger partial charge is 0.477 e. The average Bonchev–Trinajstić information content (AvgIpc) is 2.48. The number of ether oxygens (including phenoxy) is 1. The van der Waals surface area contributed by atoms with Crippen LogP contribution in [0.5, 0.6) is 11.6 Å². The van der Waals surface area contributed by atoms with Crippen LogP contribution >= 0.6 is 0 Å². The third kappa shape index (κ3) is 2.37. The molecule has 0 aliphatic heterocycles. The lowest BCUT2D eigenvalue weighted by Crippen LogP contribution is -2.06. The van der Waals surface area contributed by atoms with Crippen molar-refractivity contribution in [3.05, 3.63) is 53.2 Å². The highest BCUT2D eigenvalue weighted by Crippen LogP contribution is 2.32. The van der Waals surface area contributed by atoms with Gasteiger partial charge in [0.15, 0.2) is 0 Å². The van der Waals surface area contributed by atoms with E-state index in [-0.39, 0.29) is 11.4 Å². The minimum Gasteiger partial charge on any atom is -0.477 e. The zero-order chi connectivity index (χ0) is 13.9. The molecule has 0 saturated heterocycles. The van der Waals surface area contributed by atoms with E-state index in [1.54, 1.807) is 6.07 Å². The molecule has 2 aromatic rings. The molecule has 102 valence electrons. The highest BCUT2D eigenvalue weighted by Gasteiger charge is 2.17. The molecule has 0 unspecified atom stereocenters. The van der Waals surface area contributed by atoms with Crippen LogP contribution in [0.25, 0.3) is 0 Å². The van der Waals surface area contributed by atoms with Crippen molar-refractivity contribution in [1.82, 2.24) is 4.98 Å². The van der Waals surface area contributed by atoms with Crippen LogP contribution < -0.4 is 4.74 Å². The standard InChI is InChI=1S/C16H15NO3/c18-16(19)13-8-4-10-17-15(13)20-14-9-3-6-11-5-1-2-7-12(11)14/h3-4,6,8-10H,1-2,5,7H2,(H,18,19). The van der Waals surface area contributed by atoms with Gasteiger partial charge in [-0.25, -0.2) is 9.78 Å². The molecule has 1 aliphatic carbocycles. The second-order valence-electron chi connectivity index (χ2n) is 4.86.